The summed E-state index contributed by atoms with van der Waals surface area (Å²) in [6, 6.07) is 8.02. The standard InChI is InChI=1S/C17H14Cl2N2OS2/c18-13-3-1-2-12-15(22-9-11-4-7-23-17(11)19)14(24-16(12)13)8-21-6-5-20-10-21/h1-7,10,14-15H,8-9H2/t14-,15-/m1/s1. The molecule has 0 aliphatic carbocycles. The van der Waals surface area contributed by atoms with Crippen LogP contribution < -0.4 is 0 Å². The molecule has 2 aromatic heterocycles. The van der Waals surface area contributed by atoms with E-state index >= 15 is 0 Å². The lowest BCUT2D eigenvalue weighted by Crippen LogP contribution is -2.19. The second-order valence-corrected chi connectivity index (χ2v) is 8.70. The molecule has 24 heavy (non-hydrogen) atoms. The molecule has 0 fully saturated rings. The first-order chi connectivity index (χ1) is 11.7. The van der Waals surface area contributed by atoms with Gasteiger partial charge in [0.2, 0.25) is 0 Å². The minimum atomic E-state index is -0.0259. The van der Waals surface area contributed by atoms with Crippen molar-refractivity contribution in [3.63, 3.8) is 0 Å². The number of benzene rings is 1. The molecule has 0 spiro atoms. The van der Waals surface area contributed by atoms with Crippen molar-refractivity contribution in [3.8, 4) is 0 Å². The summed E-state index contributed by atoms with van der Waals surface area (Å²) < 4.78 is 9.14. The van der Waals surface area contributed by atoms with Crippen molar-refractivity contribution < 1.29 is 4.74 Å². The Bertz CT molecular complexity index is 835. The molecule has 0 radical (unpaired) electrons. The molecule has 3 nitrogen and oxygen atoms in total. The molecule has 124 valence electrons. The normalized spacial score (nSPS) is 19.6. The second-order valence-electron chi connectivity index (χ2n) is 5.53. The van der Waals surface area contributed by atoms with E-state index < -0.39 is 0 Å². The highest BCUT2D eigenvalue weighted by Gasteiger charge is 2.35. The molecule has 0 saturated carbocycles. The van der Waals surface area contributed by atoms with Crippen LogP contribution in [0.5, 0.6) is 0 Å². The van der Waals surface area contributed by atoms with Crippen LogP contribution in [0.2, 0.25) is 9.36 Å². The summed E-state index contributed by atoms with van der Waals surface area (Å²) in [5.74, 6) is 0. The zero-order chi connectivity index (χ0) is 16.5. The number of fused-ring (bicyclic) bond motifs is 1. The van der Waals surface area contributed by atoms with Crippen LogP contribution in [-0.4, -0.2) is 14.8 Å². The van der Waals surface area contributed by atoms with Crippen molar-refractivity contribution in [1.82, 2.24) is 9.55 Å². The lowest BCUT2D eigenvalue weighted by Gasteiger charge is -2.20. The summed E-state index contributed by atoms with van der Waals surface area (Å²) in [6.45, 7) is 1.32. The summed E-state index contributed by atoms with van der Waals surface area (Å²) in [4.78, 5) is 5.24. The van der Waals surface area contributed by atoms with Gasteiger partial charge >= 0.3 is 0 Å². The number of thiophene rings is 1. The zero-order valence-electron chi connectivity index (χ0n) is 12.6. The molecule has 0 N–H and O–H groups in total. The number of hydrogen-bond donors (Lipinski definition) is 0. The molecule has 0 amide bonds. The van der Waals surface area contributed by atoms with Gasteiger partial charge in [-0.2, -0.15) is 0 Å². The maximum atomic E-state index is 6.39. The van der Waals surface area contributed by atoms with Crippen molar-refractivity contribution in [2.24, 2.45) is 0 Å². The fourth-order valence-corrected chi connectivity index (χ4v) is 5.44. The van der Waals surface area contributed by atoms with E-state index in [2.05, 4.69) is 15.6 Å². The van der Waals surface area contributed by atoms with Crippen molar-refractivity contribution >= 4 is 46.3 Å². The van der Waals surface area contributed by atoms with Gasteiger partial charge in [0.05, 0.1) is 33.6 Å². The van der Waals surface area contributed by atoms with Gasteiger partial charge in [-0.3, -0.25) is 0 Å². The van der Waals surface area contributed by atoms with Gasteiger partial charge in [-0.05, 0) is 23.1 Å². The molecular formula is C17H14Cl2N2OS2. The predicted octanol–water partition coefficient (Wildman–Crippen LogP) is 5.68. The Morgan fingerprint density at radius 3 is 2.92 bits per heavy atom. The third kappa shape index (κ3) is 3.24. The number of aromatic nitrogens is 2. The third-order valence-electron chi connectivity index (χ3n) is 3.97. The van der Waals surface area contributed by atoms with Gasteiger partial charge in [0, 0.05) is 29.4 Å². The van der Waals surface area contributed by atoms with Crippen LogP contribution in [0.15, 0.2) is 53.3 Å². The quantitative estimate of drug-likeness (QED) is 0.554. The minimum absolute atomic E-state index is 0.0259. The largest absolute Gasteiger partial charge is 0.367 e. The summed E-state index contributed by atoms with van der Waals surface area (Å²) in [6.07, 6.45) is 5.57. The Hall–Kier alpha value is -0.980. The molecule has 2 atom stereocenters. The first-order valence-corrected chi connectivity index (χ1v) is 9.98. The lowest BCUT2D eigenvalue weighted by molar-refractivity contribution is 0.0369. The molecular weight excluding hydrogens is 383 g/mol. The van der Waals surface area contributed by atoms with E-state index in [1.165, 1.54) is 11.3 Å². The Balaban J connectivity index is 1.59. The number of rotatable bonds is 5. The van der Waals surface area contributed by atoms with Crippen molar-refractivity contribution in [2.75, 3.05) is 0 Å². The van der Waals surface area contributed by atoms with Gasteiger partial charge in [-0.25, -0.2) is 4.98 Å². The van der Waals surface area contributed by atoms with E-state index in [1.54, 1.807) is 18.0 Å². The van der Waals surface area contributed by atoms with Gasteiger partial charge in [-0.1, -0.05) is 35.3 Å². The van der Waals surface area contributed by atoms with Crippen LogP contribution in [-0.2, 0) is 17.9 Å². The highest BCUT2D eigenvalue weighted by molar-refractivity contribution is 8.00. The Kier molecular flexibility index (Phi) is 4.88. The van der Waals surface area contributed by atoms with Gasteiger partial charge in [0.15, 0.2) is 0 Å². The highest BCUT2D eigenvalue weighted by atomic mass is 35.5. The molecule has 0 saturated heterocycles. The van der Waals surface area contributed by atoms with Gasteiger partial charge in [0.25, 0.3) is 0 Å². The van der Waals surface area contributed by atoms with Crippen LogP contribution in [0, 0.1) is 0 Å². The Morgan fingerprint density at radius 1 is 1.25 bits per heavy atom. The van der Waals surface area contributed by atoms with Gasteiger partial charge in [0.1, 0.15) is 0 Å². The van der Waals surface area contributed by atoms with Crippen LogP contribution in [0.25, 0.3) is 0 Å². The van der Waals surface area contributed by atoms with Crippen LogP contribution in [0.1, 0.15) is 17.2 Å². The monoisotopic (exact) mass is 396 g/mol. The van der Waals surface area contributed by atoms with Gasteiger partial charge < -0.3 is 9.30 Å². The summed E-state index contributed by atoms with van der Waals surface area (Å²) in [7, 11) is 0. The maximum Gasteiger partial charge on any atom is 0.0983 e. The van der Waals surface area contributed by atoms with Crippen LogP contribution in [0.3, 0.4) is 0 Å². The number of halogens is 2. The summed E-state index contributed by atoms with van der Waals surface area (Å²) >= 11 is 15.9. The SMILES string of the molecule is Clc1cccc2c1S[C@H](Cn1ccnc1)[C@@H]2OCc1ccsc1Cl. The number of nitrogens with zero attached hydrogens (tertiary/aromatic N) is 2. The fourth-order valence-electron chi connectivity index (χ4n) is 2.82. The molecule has 0 unspecified atom stereocenters. The van der Waals surface area contributed by atoms with E-state index in [4.69, 9.17) is 27.9 Å². The molecule has 7 heteroatoms. The first kappa shape index (κ1) is 16.5. The average molecular weight is 397 g/mol. The van der Waals surface area contributed by atoms with E-state index in [1.807, 2.05) is 36.1 Å². The summed E-state index contributed by atoms with van der Waals surface area (Å²) in [5.41, 5.74) is 2.19. The van der Waals surface area contributed by atoms with E-state index in [0.29, 0.717) is 6.61 Å². The van der Waals surface area contributed by atoms with Crippen molar-refractivity contribution in [1.29, 1.82) is 0 Å². The molecule has 3 heterocycles. The predicted molar refractivity (Wildman–Crippen MR) is 100 cm³/mol. The number of hydrogen-bond acceptors (Lipinski definition) is 4. The number of ether oxygens (including phenoxy) is 1. The minimum Gasteiger partial charge on any atom is -0.367 e. The molecule has 1 aromatic carbocycles. The average Bonchev–Trinajstić information content (AvgIpc) is 3.28. The zero-order valence-corrected chi connectivity index (χ0v) is 15.7. The smallest absolute Gasteiger partial charge is 0.0983 e. The fraction of sp³-hybridized carbons (Fsp3) is 0.235. The van der Waals surface area contributed by atoms with E-state index in [9.17, 15) is 0 Å². The molecule has 3 aromatic rings. The molecule has 0 bridgehead atoms. The van der Waals surface area contributed by atoms with Crippen LogP contribution in [0.4, 0.5) is 0 Å². The first-order valence-electron chi connectivity index (χ1n) is 7.46. The second kappa shape index (κ2) is 7.10. The molecule has 1 aliphatic heterocycles. The third-order valence-corrected chi connectivity index (χ3v) is 7.04. The van der Waals surface area contributed by atoms with E-state index in [-0.39, 0.29) is 11.4 Å². The van der Waals surface area contributed by atoms with Crippen molar-refractivity contribution in [3.05, 3.63) is 68.9 Å². The Morgan fingerprint density at radius 2 is 2.17 bits per heavy atom. The number of thioether (sulfide) groups is 1. The Labute approximate surface area is 158 Å². The summed E-state index contributed by atoms with van der Waals surface area (Å²) in [5, 5.41) is 3.01. The highest BCUT2D eigenvalue weighted by Crippen LogP contribution is 2.50. The van der Waals surface area contributed by atoms with Crippen molar-refractivity contribution in [2.45, 2.75) is 29.4 Å². The van der Waals surface area contributed by atoms with E-state index in [0.717, 1.165) is 31.9 Å². The molecule has 1 aliphatic rings. The number of imidazole rings is 1. The molecule has 4 rings (SSSR count). The van der Waals surface area contributed by atoms with Gasteiger partial charge in [-0.15, -0.1) is 23.1 Å². The van der Waals surface area contributed by atoms with Crippen LogP contribution >= 0.6 is 46.3 Å². The lowest BCUT2D eigenvalue weighted by atomic mass is 10.1. The maximum absolute atomic E-state index is 6.39. The topological polar surface area (TPSA) is 27.1 Å².